The van der Waals surface area contributed by atoms with Gasteiger partial charge >= 0.3 is 5.97 Å². The van der Waals surface area contributed by atoms with Gasteiger partial charge in [0.2, 0.25) is 11.8 Å². The highest BCUT2D eigenvalue weighted by molar-refractivity contribution is 7.98. The molecule has 1 aromatic rings. The van der Waals surface area contributed by atoms with Crippen molar-refractivity contribution in [2.75, 3.05) is 12.0 Å². The number of rotatable bonds is 5. The van der Waals surface area contributed by atoms with Crippen molar-refractivity contribution >= 4 is 46.8 Å². The maximum Gasteiger partial charge on any atom is 0.329 e. The fourth-order valence-corrected chi connectivity index (χ4v) is 4.04. The summed E-state index contributed by atoms with van der Waals surface area (Å²) in [5.74, 6) is -1.37. The van der Waals surface area contributed by atoms with Gasteiger partial charge in [0, 0.05) is 5.38 Å². The monoisotopic (exact) mass is 496 g/mol. The van der Waals surface area contributed by atoms with Gasteiger partial charge in [-0.1, -0.05) is 19.9 Å². The van der Waals surface area contributed by atoms with Crippen LogP contribution >= 0.6 is 23.1 Å². The van der Waals surface area contributed by atoms with Crippen LogP contribution in [0.4, 0.5) is 0 Å². The number of allylic oxidation sites excluding steroid dienone is 1. The second-order valence-electron chi connectivity index (χ2n) is 8.57. The maximum absolute atomic E-state index is 13.0. The van der Waals surface area contributed by atoms with E-state index in [9.17, 15) is 19.2 Å². The molecule has 1 aliphatic heterocycles. The van der Waals surface area contributed by atoms with Gasteiger partial charge in [-0.25, -0.2) is 9.78 Å². The first-order valence-electron chi connectivity index (χ1n) is 10.7. The lowest BCUT2D eigenvalue weighted by Crippen LogP contribution is -2.59. The van der Waals surface area contributed by atoms with E-state index in [1.54, 1.807) is 50.9 Å². The van der Waals surface area contributed by atoms with Crippen LogP contribution in [-0.2, 0) is 25.7 Å². The Morgan fingerprint density at radius 2 is 2.03 bits per heavy atom. The number of amides is 3. The summed E-state index contributed by atoms with van der Waals surface area (Å²) in [6, 6.07) is -0.947. The normalized spacial score (nSPS) is 22.6. The molecule has 33 heavy (non-hydrogen) atoms. The van der Waals surface area contributed by atoms with Crippen molar-refractivity contribution in [3.63, 3.8) is 0 Å². The van der Waals surface area contributed by atoms with Gasteiger partial charge in [-0.3, -0.25) is 14.4 Å². The number of nitrogens with one attached hydrogen (secondary N) is 3. The molecule has 3 N–H and O–H groups in total. The molecular formula is C22H32N4O5S2. The van der Waals surface area contributed by atoms with Crippen molar-refractivity contribution in [2.24, 2.45) is 5.92 Å². The summed E-state index contributed by atoms with van der Waals surface area (Å²) in [4.78, 5) is 55.3. The molecule has 2 rings (SSSR count). The van der Waals surface area contributed by atoms with Crippen LogP contribution in [0.5, 0.6) is 0 Å². The number of fused-ring (bicyclic) bond motifs is 2. The first-order valence-corrected chi connectivity index (χ1v) is 13.0. The van der Waals surface area contributed by atoms with Gasteiger partial charge in [0.15, 0.2) is 0 Å². The highest BCUT2D eigenvalue weighted by Gasteiger charge is 2.36. The molecule has 0 saturated heterocycles. The summed E-state index contributed by atoms with van der Waals surface area (Å²) in [6.45, 7) is 6.81. The predicted molar refractivity (Wildman–Crippen MR) is 129 cm³/mol. The number of hydrogen-bond acceptors (Lipinski definition) is 8. The molecule has 11 heteroatoms. The smallest absolute Gasteiger partial charge is 0.329 e. The van der Waals surface area contributed by atoms with Crippen LogP contribution in [0.15, 0.2) is 17.5 Å². The molecule has 0 spiro atoms. The van der Waals surface area contributed by atoms with Gasteiger partial charge in [-0.05, 0) is 44.3 Å². The molecule has 0 saturated carbocycles. The van der Waals surface area contributed by atoms with Crippen molar-refractivity contribution in [3.8, 4) is 0 Å². The van der Waals surface area contributed by atoms with E-state index >= 15 is 0 Å². The van der Waals surface area contributed by atoms with Crippen molar-refractivity contribution in [3.05, 3.63) is 28.2 Å². The maximum atomic E-state index is 13.0. The van der Waals surface area contributed by atoms with Crippen LogP contribution in [0.1, 0.15) is 56.0 Å². The third-order valence-corrected chi connectivity index (χ3v) is 6.41. The van der Waals surface area contributed by atoms with Gasteiger partial charge in [-0.15, -0.1) is 11.3 Å². The first kappa shape index (κ1) is 26.8. The number of esters is 1. The SMILES string of the molecule is CSCC/C=C/[C@@H]1CC(=O)NCc2nc(cs2)C(=O)NC(C)(C)C(=O)N[C@@H](C(C)C)C(=O)O1. The highest BCUT2D eigenvalue weighted by atomic mass is 32.2. The number of carbonyl (C=O) groups excluding carboxylic acids is 4. The van der Waals surface area contributed by atoms with Crippen LogP contribution in [0, 0.1) is 5.92 Å². The van der Waals surface area contributed by atoms with E-state index < -0.39 is 35.5 Å². The Morgan fingerprint density at radius 1 is 1.30 bits per heavy atom. The van der Waals surface area contributed by atoms with Gasteiger partial charge in [0.1, 0.15) is 28.4 Å². The zero-order valence-electron chi connectivity index (χ0n) is 19.6. The standard InChI is InChI=1S/C22H32N4O5S2/c1-13(2)18-20(29)31-14(8-6-7-9-32-5)10-16(27)23-11-17-24-15(12-33-17)19(28)26-22(3,4)21(30)25-18/h6,8,12-14,18H,7,9-11H2,1-5H3,(H,23,27)(H,25,30)(H,26,28)/b8-6+/t14-,18+/m1/s1. The van der Waals surface area contributed by atoms with Gasteiger partial charge < -0.3 is 20.7 Å². The molecular weight excluding hydrogens is 464 g/mol. The van der Waals surface area contributed by atoms with Crippen LogP contribution in [-0.4, -0.2) is 58.4 Å². The summed E-state index contributed by atoms with van der Waals surface area (Å²) in [5.41, 5.74) is -1.14. The molecule has 2 heterocycles. The highest BCUT2D eigenvalue weighted by Crippen LogP contribution is 2.15. The van der Waals surface area contributed by atoms with E-state index in [1.165, 1.54) is 11.3 Å². The molecule has 0 fully saturated rings. The number of thiazole rings is 1. The minimum absolute atomic E-state index is 0.0650. The second-order valence-corrected chi connectivity index (χ2v) is 10.5. The fourth-order valence-electron chi connectivity index (χ4n) is 2.95. The molecule has 182 valence electrons. The average Bonchev–Trinajstić information content (AvgIpc) is 3.21. The van der Waals surface area contributed by atoms with Crippen molar-refractivity contribution in [1.29, 1.82) is 0 Å². The van der Waals surface area contributed by atoms with Crippen molar-refractivity contribution in [2.45, 2.75) is 64.8 Å². The largest absolute Gasteiger partial charge is 0.456 e. The average molecular weight is 497 g/mol. The number of thioether (sulfide) groups is 1. The predicted octanol–water partition coefficient (Wildman–Crippen LogP) is 2.03. The number of aromatic nitrogens is 1. The number of carbonyl (C=O) groups is 4. The lowest BCUT2D eigenvalue weighted by molar-refractivity contribution is -0.153. The van der Waals surface area contributed by atoms with E-state index in [1.807, 2.05) is 12.3 Å². The third kappa shape index (κ3) is 8.15. The Kier molecular flexibility index (Phi) is 9.90. The van der Waals surface area contributed by atoms with Gasteiger partial charge in [-0.2, -0.15) is 11.8 Å². The Morgan fingerprint density at radius 3 is 2.70 bits per heavy atom. The number of ether oxygens (including phenoxy) is 1. The molecule has 0 aliphatic carbocycles. The Bertz CT molecular complexity index is 897. The molecule has 0 radical (unpaired) electrons. The Labute approximate surface area is 202 Å². The van der Waals surface area contributed by atoms with Crippen LogP contribution in [0.25, 0.3) is 0 Å². The van der Waals surface area contributed by atoms with E-state index in [4.69, 9.17) is 4.74 Å². The summed E-state index contributed by atoms with van der Waals surface area (Å²) in [7, 11) is 0. The van der Waals surface area contributed by atoms with Crippen LogP contribution in [0.2, 0.25) is 0 Å². The molecule has 3 amide bonds. The third-order valence-electron chi connectivity index (χ3n) is 4.92. The van der Waals surface area contributed by atoms with E-state index in [-0.39, 0.29) is 30.5 Å². The second kappa shape index (κ2) is 12.2. The molecule has 9 nitrogen and oxygen atoms in total. The quantitative estimate of drug-likeness (QED) is 0.323. The van der Waals surface area contributed by atoms with Crippen LogP contribution in [0.3, 0.4) is 0 Å². The summed E-state index contributed by atoms with van der Waals surface area (Å²) >= 11 is 2.92. The molecule has 2 atom stereocenters. The lowest BCUT2D eigenvalue weighted by atomic mass is 9.99. The van der Waals surface area contributed by atoms with E-state index in [0.29, 0.717) is 5.01 Å². The topological polar surface area (TPSA) is 126 Å². The van der Waals surface area contributed by atoms with Gasteiger partial charge in [0.25, 0.3) is 5.91 Å². The summed E-state index contributed by atoms with van der Waals surface area (Å²) < 4.78 is 5.63. The molecule has 2 bridgehead atoms. The number of hydrogen-bond donors (Lipinski definition) is 3. The molecule has 0 unspecified atom stereocenters. The first-order chi connectivity index (χ1) is 15.5. The van der Waals surface area contributed by atoms with Crippen molar-refractivity contribution in [1.82, 2.24) is 20.9 Å². The van der Waals surface area contributed by atoms with Crippen LogP contribution < -0.4 is 16.0 Å². The van der Waals surface area contributed by atoms with Gasteiger partial charge in [0.05, 0.1) is 13.0 Å². The van der Waals surface area contributed by atoms with E-state index in [2.05, 4.69) is 20.9 Å². The van der Waals surface area contributed by atoms with E-state index in [0.717, 1.165) is 12.2 Å². The number of nitrogens with zero attached hydrogens (tertiary/aromatic N) is 1. The molecule has 0 aromatic carbocycles. The molecule has 1 aliphatic rings. The fraction of sp³-hybridized carbons (Fsp3) is 0.591. The number of cyclic esters (lactones) is 1. The summed E-state index contributed by atoms with van der Waals surface area (Å²) in [5, 5.41) is 10.2. The Hall–Kier alpha value is -2.40. The zero-order chi connectivity index (χ0) is 24.6. The lowest BCUT2D eigenvalue weighted by Gasteiger charge is -2.29. The minimum atomic E-state index is -1.29. The minimum Gasteiger partial charge on any atom is -0.456 e. The van der Waals surface area contributed by atoms with Crippen molar-refractivity contribution < 1.29 is 23.9 Å². The molecule has 1 aromatic heterocycles. The summed E-state index contributed by atoms with van der Waals surface area (Å²) in [6.07, 6.45) is 5.53. The Balaban J connectivity index is 2.33. The zero-order valence-corrected chi connectivity index (χ0v) is 21.2.